The minimum absolute atomic E-state index is 0.00389. The van der Waals surface area contributed by atoms with Crippen molar-refractivity contribution in [1.82, 2.24) is 9.88 Å². The van der Waals surface area contributed by atoms with Crippen molar-refractivity contribution < 1.29 is 9.59 Å². The first-order valence-electron chi connectivity index (χ1n) is 9.75. The highest BCUT2D eigenvalue weighted by Gasteiger charge is 2.38. The average molecular weight is 391 g/mol. The fraction of sp³-hybridized carbons (Fsp3) is 0.318. The molecule has 2 aliphatic rings. The lowest BCUT2D eigenvalue weighted by Gasteiger charge is -2.38. The van der Waals surface area contributed by atoms with Crippen LogP contribution in [-0.2, 0) is 9.59 Å². The number of para-hydroxylation sites is 2. The van der Waals surface area contributed by atoms with Crippen molar-refractivity contribution in [1.29, 1.82) is 0 Å². The summed E-state index contributed by atoms with van der Waals surface area (Å²) in [7, 11) is 0. The molecule has 5 nitrogen and oxygen atoms in total. The largest absolute Gasteiger partial charge is 0.333 e. The summed E-state index contributed by atoms with van der Waals surface area (Å²) in [5.41, 5.74) is 2.66. The Morgan fingerprint density at radius 1 is 1.11 bits per heavy atom. The molecule has 2 aromatic carbocycles. The number of hydrogen-bond acceptors (Lipinski definition) is 4. The van der Waals surface area contributed by atoms with Gasteiger partial charge in [-0.2, -0.15) is 0 Å². The minimum atomic E-state index is -0.417. The van der Waals surface area contributed by atoms with Crippen LogP contribution in [0.3, 0.4) is 0 Å². The van der Waals surface area contributed by atoms with Crippen molar-refractivity contribution in [2.75, 3.05) is 11.9 Å². The molecule has 1 fully saturated rings. The molecule has 2 atom stereocenters. The van der Waals surface area contributed by atoms with Gasteiger partial charge in [0, 0.05) is 18.7 Å². The number of anilines is 1. The Hall–Kier alpha value is -2.73. The smallest absolute Gasteiger partial charge is 0.231 e. The molecular weight excluding hydrogens is 370 g/mol. The van der Waals surface area contributed by atoms with Crippen LogP contribution in [0.4, 0.5) is 5.69 Å². The van der Waals surface area contributed by atoms with Gasteiger partial charge in [0.05, 0.1) is 22.2 Å². The van der Waals surface area contributed by atoms with Crippen molar-refractivity contribution >= 4 is 39.1 Å². The van der Waals surface area contributed by atoms with Gasteiger partial charge >= 0.3 is 0 Å². The predicted molar refractivity (Wildman–Crippen MR) is 110 cm³/mol. The van der Waals surface area contributed by atoms with E-state index in [9.17, 15) is 9.59 Å². The van der Waals surface area contributed by atoms with Gasteiger partial charge in [0.2, 0.25) is 11.8 Å². The number of fused-ring (bicyclic) bond motifs is 2. The van der Waals surface area contributed by atoms with Gasteiger partial charge < -0.3 is 10.2 Å². The van der Waals surface area contributed by atoms with E-state index in [-0.39, 0.29) is 24.3 Å². The molecule has 2 unspecified atom stereocenters. The van der Waals surface area contributed by atoms with Crippen LogP contribution in [-0.4, -0.2) is 28.2 Å². The number of hydrogen-bond donors (Lipinski definition) is 1. The van der Waals surface area contributed by atoms with Crippen LogP contribution < -0.4 is 5.32 Å². The number of thiazole rings is 1. The Balaban J connectivity index is 1.50. The average Bonchev–Trinajstić information content (AvgIpc) is 3.17. The highest BCUT2D eigenvalue weighted by molar-refractivity contribution is 7.18. The molecule has 6 heteroatoms. The first kappa shape index (κ1) is 17.4. The third-order valence-electron chi connectivity index (χ3n) is 5.68. The van der Waals surface area contributed by atoms with E-state index in [1.165, 1.54) is 0 Å². The van der Waals surface area contributed by atoms with E-state index in [2.05, 4.69) is 11.4 Å². The molecule has 2 amide bonds. The second kappa shape index (κ2) is 7.02. The zero-order chi connectivity index (χ0) is 19.1. The standard InChI is InChI=1S/C22H21N3O2S/c26-20-13-15(14-7-1-2-8-16(14)23-20)22(27)25-12-6-5-10-18(25)21-24-17-9-3-4-11-19(17)28-21/h1-4,7-9,11,15,18H,5-6,10,12-13H2,(H,23,26). The predicted octanol–water partition coefficient (Wildman–Crippen LogP) is 4.48. The van der Waals surface area contributed by atoms with Crippen LogP contribution in [0.15, 0.2) is 48.5 Å². The third-order valence-corrected chi connectivity index (χ3v) is 6.82. The molecule has 1 saturated heterocycles. The number of nitrogens with zero attached hydrogens (tertiary/aromatic N) is 2. The lowest BCUT2D eigenvalue weighted by Crippen LogP contribution is -2.43. The van der Waals surface area contributed by atoms with Crippen LogP contribution in [0.1, 0.15) is 48.2 Å². The minimum Gasteiger partial charge on any atom is -0.333 e. The summed E-state index contributed by atoms with van der Waals surface area (Å²) in [6.45, 7) is 0.722. The quantitative estimate of drug-likeness (QED) is 0.701. The Labute approximate surface area is 167 Å². The molecule has 0 saturated carbocycles. The number of rotatable bonds is 2. The van der Waals surface area contributed by atoms with Crippen LogP contribution in [0.25, 0.3) is 10.2 Å². The van der Waals surface area contributed by atoms with Crippen molar-refractivity contribution in [2.24, 2.45) is 0 Å². The van der Waals surface area contributed by atoms with Crippen molar-refractivity contribution in [3.63, 3.8) is 0 Å². The van der Waals surface area contributed by atoms with Crippen LogP contribution in [0, 0.1) is 0 Å². The monoisotopic (exact) mass is 391 g/mol. The Kier molecular flexibility index (Phi) is 4.36. The molecular formula is C22H21N3O2S. The number of likely N-dealkylation sites (tertiary alicyclic amines) is 1. The van der Waals surface area contributed by atoms with Gasteiger partial charge in [-0.1, -0.05) is 30.3 Å². The molecule has 3 aromatic rings. The van der Waals surface area contributed by atoms with E-state index in [0.717, 1.165) is 52.3 Å². The highest BCUT2D eigenvalue weighted by atomic mass is 32.1. The van der Waals surface area contributed by atoms with E-state index in [4.69, 9.17) is 4.98 Å². The van der Waals surface area contributed by atoms with Crippen LogP contribution in [0.2, 0.25) is 0 Å². The summed E-state index contributed by atoms with van der Waals surface area (Å²) in [5, 5.41) is 3.89. The second-order valence-electron chi connectivity index (χ2n) is 7.46. The van der Waals surface area contributed by atoms with Crippen LogP contribution >= 0.6 is 11.3 Å². The fourth-order valence-corrected chi connectivity index (χ4v) is 5.43. The van der Waals surface area contributed by atoms with Crippen LogP contribution in [0.5, 0.6) is 0 Å². The van der Waals surface area contributed by atoms with Gasteiger partial charge in [-0.3, -0.25) is 9.59 Å². The maximum Gasteiger partial charge on any atom is 0.231 e. The fourth-order valence-electron chi connectivity index (χ4n) is 4.32. The molecule has 28 heavy (non-hydrogen) atoms. The van der Waals surface area contributed by atoms with E-state index >= 15 is 0 Å². The number of amides is 2. The first-order chi connectivity index (χ1) is 13.7. The number of benzene rings is 2. The number of carbonyl (C=O) groups is 2. The molecule has 0 spiro atoms. The van der Waals surface area contributed by atoms with Gasteiger partial charge in [0.25, 0.3) is 0 Å². The van der Waals surface area contributed by atoms with E-state index in [0.29, 0.717) is 0 Å². The lowest BCUT2D eigenvalue weighted by molar-refractivity contribution is -0.138. The van der Waals surface area contributed by atoms with Gasteiger partial charge in [-0.05, 0) is 43.0 Å². The molecule has 5 rings (SSSR count). The Morgan fingerprint density at radius 2 is 1.93 bits per heavy atom. The second-order valence-corrected chi connectivity index (χ2v) is 8.52. The van der Waals surface area contributed by atoms with Crippen molar-refractivity contribution in [2.45, 2.75) is 37.6 Å². The number of aromatic nitrogens is 1. The molecule has 2 aliphatic heterocycles. The van der Waals surface area contributed by atoms with Gasteiger partial charge in [0.15, 0.2) is 0 Å². The zero-order valence-corrected chi connectivity index (χ0v) is 16.2. The molecule has 142 valence electrons. The summed E-state index contributed by atoms with van der Waals surface area (Å²) in [6, 6.07) is 15.7. The number of carbonyl (C=O) groups excluding carboxylic acids is 2. The third kappa shape index (κ3) is 2.98. The van der Waals surface area contributed by atoms with Gasteiger partial charge in [-0.15, -0.1) is 11.3 Å². The summed E-state index contributed by atoms with van der Waals surface area (Å²) >= 11 is 1.67. The van der Waals surface area contributed by atoms with E-state index in [1.807, 2.05) is 47.4 Å². The molecule has 1 N–H and O–H groups in total. The lowest BCUT2D eigenvalue weighted by atomic mass is 9.88. The molecule has 0 bridgehead atoms. The zero-order valence-electron chi connectivity index (χ0n) is 15.4. The molecule has 0 aliphatic carbocycles. The summed E-state index contributed by atoms with van der Waals surface area (Å²) in [5.74, 6) is -0.461. The molecule has 0 radical (unpaired) electrons. The molecule has 1 aromatic heterocycles. The Morgan fingerprint density at radius 3 is 2.82 bits per heavy atom. The number of nitrogens with one attached hydrogen (secondary N) is 1. The van der Waals surface area contributed by atoms with Crippen molar-refractivity contribution in [3.8, 4) is 0 Å². The molecule has 3 heterocycles. The van der Waals surface area contributed by atoms with E-state index in [1.54, 1.807) is 11.3 Å². The normalized spacial score (nSPS) is 22.0. The maximum atomic E-state index is 13.6. The maximum absolute atomic E-state index is 13.6. The Bertz CT molecular complexity index is 1030. The van der Waals surface area contributed by atoms with E-state index < -0.39 is 5.92 Å². The summed E-state index contributed by atoms with van der Waals surface area (Å²) in [4.78, 5) is 32.6. The first-order valence-corrected chi connectivity index (χ1v) is 10.6. The number of piperidine rings is 1. The van der Waals surface area contributed by atoms with Crippen molar-refractivity contribution in [3.05, 3.63) is 59.1 Å². The summed E-state index contributed by atoms with van der Waals surface area (Å²) < 4.78 is 1.15. The van der Waals surface area contributed by atoms with Gasteiger partial charge in [-0.25, -0.2) is 4.98 Å². The van der Waals surface area contributed by atoms with Gasteiger partial charge in [0.1, 0.15) is 5.01 Å². The topological polar surface area (TPSA) is 62.3 Å². The highest BCUT2D eigenvalue weighted by Crippen LogP contribution is 2.40. The summed E-state index contributed by atoms with van der Waals surface area (Å²) in [6.07, 6.45) is 3.21. The SMILES string of the molecule is O=C1CC(C(=O)N2CCCCC2c2nc3ccccc3s2)c2ccccc2N1.